The van der Waals surface area contributed by atoms with Crippen LogP contribution in [0.15, 0.2) is 146 Å². The van der Waals surface area contributed by atoms with E-state index >= 15 is 0 Å². The number of carbonyl (C=O) groups excluding carboxylic acids is 6. The highest BCUT2D eigenvalue weighted by Crippen LogP contribution is 2.56. The first-order chi connectivity index (χ1) is 43.2. The largest absolute Gasteiger partial charge is 0.466 e. The molecule has 0 unspecified atom stereocenters. The molecule has 6 N–H and O–H groups in total. The molecule has 24 nitrogen and oxygen atoms in total. The fourth-order valence-corrected chi connectivity index (χ4v) is 12.6. The molecular weight excluding hydrogens is 1160 g/mol. The zero-order chi connectivity index (χ0) is 63.9. The Kier molecular flexibility index (Phi) is 18.0. The van der Waals surface area contributed by atoms with Crippen molar-refractivity contribution in [3.8, 4) is 0 Å². The second-order valence-corrected chi connectivity index (χ2v) is 22.7. The van der Waals surface area contributed by atoms with Gasteiger partial charge in [-0.15, -0.1) is 0 Å². The van der Waals surface area contributed by atoms with E-state index in [1.165, 1.54) is 72.8 Å². The fourth-order valence-electron chi connectivity index (χ4n) is 12.6. The van der Waals surface area contributed by atoms with E-state index in [-0.39, 0.29) is 94.7 Å². The highest BCUT2D eigenvalue weighted by Gasteiger charge is 2.56. The predicted octanol–water partition coefficient (Wildman–Crippen LogP) is 12.0. The van der Waals surface area contributed by atoms with E-state index < -0.39 is 67.0 Å². The number of non-ortho nitro benzene ring substituents is 3. The van der Waals surface area contributed by atoms with Crippen LogP contribution in [0, 0.1) is 46.6 Å². The first-order valence-electron chi connectivity index (χ1n) is 29.1. The van der Waals surface area contributed by atoms with E-state index in [4.69, 9.17) is 14.2 Å². The van der Waals surface area contributed by atoms with Gasteiger partial charge in [-0.2, -0.15) is 0 Å². The Morgan fingerprint density at radius 1 is 0.333 bits per heavy atom. The molecule has 0 saturated carbocycles. The number of nitro benzene ring substituents is 3. The fraction of sp³-hybridized carbons (Fsp3) is 0.273. The van der Waals surface area contributed by atoms with Crippen LogP contribution >= 0.6 is 0 Å². The molecule has 90 heavy (non-hydrogen) atoms. The molecule has 7 aromatic carbocycles. The Bertz CT molecular complexity index is 3480. The van der Waals surface area contributed by atoms with Gasteiger partial charge in [0.15, 0.2) is 0 Å². The van der Waals surface area contributed by atoms with Crippen LogP contribution in [0.4, 0.5) is 65.6 Å². The molecule has 0 aromatic heterocycles. The molecule has 0 atom stereocenters. The summed E-state index contributed by atoms with van der Waals surface area (Å²) < 4.78 is 17.9. The van der Waals surface area contributed by atoms with Crippen molar-refractivity contribution in [1.82, 2.24) is 0 Å². The minimum atomic E-state index is -1.17. The lowest BCUT2D eigenvalue weighted by Crippen LogP contribution is -2.37. The number of rotatable bonds is 21. The van der Waals surface area contributed by atoms with Crippen molar-refractivity contribution >= 4 is 87.2 Å². The average molecular weight is 1220 g/mol. The molecule has 0 saturated heterocycles. The van der Waals surface area contributed by atoms with E-state index in [1.54, 1.807) is 57.2 Å². The number of hydrogen-bond acceptors (Lipinski definition) is 15. The number of benzene rings is 7. The van der Waals surface area contributed by atoms with Gasteiger partial charge in [0.05, 0.1) is 50.8 Å². The lowest BCUT2D eigenvalue weighted by atomic mass is 9.77. The molecule has 0 fully saturated rings. The lowest BCUT2D eigenvalue weighted by Gasteiger charge is -2.28. The highest BCUT2D eigenvalue weighted by atomic mass is 16.6. The molecule has 7 aromatic rings. The van der Waals surface area contributed by atoms with Crippen LogP contribution in [0.3, 0.4) is 0 Å². The van der Waals surface area contributed by atoms with E-state index in [9.17, 15) is 59.1 Å². The van der Waals surface area contributed by atoms with Crippen molar-refractivity contribution in [2.75, 3.05) is 51.7 Å². The summed E-state index contributed by atoms with van der Waals surface area (Å²) in [6.07, 6.45) is 2.02. The third-order valence-electron chi connectivity index (χ3n) is 16.7. The van der Waals surface area contributed by atoms with Crippen LogP contribution in [-0.4, -0.2) is 70.6 Å². The van der Waals surface area contributed by atoms with Crippen LogP contribution in [0.5, 0.6) is 0 Å². The number of esters is 3. The summed E-state index contributed by atoms with van der Waals surface area (Å²) in [6.45, 7) is 5.50. The summed E-state index contributed by atoms with van der Waals surface area (Å²) in [7, 11) is 0. The number of nitrogens with zero attached hydrogens (tertiary/aromatic N) is 3. The van der Waals surface area contributed by atoms with Crippen molar-refractivity contribution in [1.29, 1.82) is 0 Å². The number of nitrogens with one attached hydrogen (secondary N) is 6. The minimum absolute atomic E-state index is 0.0926. The molecule has 462 valence electrons. The standard InChI is InChI=1S/C66H63N9O15/c1-4-88-58(76)64(31-40-7-13-43(14-8-40)67-61(79)70-46-19-25-49(26-20-46)73(82)83)34-52-53(35-64)55-37-66(60(78)90-6-3,33-42-11-17-45(18-12-42)69-63(81)72-48-23-29-51(30-24-48)75(86)87)39-57(55)56-38-65(36-54(52)56,59(77)89-5-2)32-41-9-15-44(16-10-41)68-62(80)71-47-21-27-50(28-22-47)74(84)85/h7-30H,4-6,31-39H2,1-3H3,(H2,67,70,79)(H2,68,71,80)(H2,69,72,81). The molecule has 0 heterocycles. The van der Waals surface area contributed by atoms with Crippen LogP contribution < -0.4 is 31.9 Å². The Labute approximate surface area is 515 Å². The average Bonchev–Trinajstić information content (AvgIpc) is 1.54. The van der Waals surface area contributed by atoms with Crippen molar-refractivity contribution in [3.63, 3.8) is 0 Å². The van der Waals surface area contributed by atoms with Gasteiger partial charge < -0.3 is 46.1 Å². The molecule has 10 rings (SSSR count). The summed E-state index contributed by atoms with van der Waals surface area (Å²) in [5.74, 6) is -1.28. The summed E-state index contributed by atoms with van der Waals surface area (Å²) in [5, 5.41) is 49.8. The second kappa shape index (κ2) is 26.1. The molecule has 6 amide bonds. The summed E-state index contributed by atoms with van der Waals surface area (Å²) in [6, 6.07) is 35.6. The number of carbonyl (C=O) groups is 6. The first-order valence-corrected chi connectivity index (χ1v) is 29.1. The Hall–Kier alpha value is -11.0. The summed E-state index contributed by atoms with van der Waals surface area (Å²) in [5.41, 5.74) is 6.08. The molecule has 0 spiro atoms. The van der Waals surface area contributed by atoms with Crippen molar-refractivity contribution in [2.45, 2.75) is 78.6 Å². The van der Waals surface area contributed by atoms with Crippen LogP contribution in [-0.2, 0) is 86.4 Å². The zero-order valence-electron chi connectivity index (χ0n) is 49.3. The van der Waals surface area contributed by atoms with E-state index in [1.807, 2.05) is 36.4 Å². The first kappa shape index (κ1) is 62.0. The number of urea groups is 3. The van der Waals surface area contributed by atoms with Gasteiger partial charge >= 0.3 is 36.0 Å². The lowest BCUT2D eigenvalue weighted by molar-refractivity contribution is -0.385. The number of hydrogen-bond donors (Lipinski definition) is 6. The van der Waals surface area contributed by atoms with E-state index in [2.05, 4.69) is 31.9 Å². The third kappa shape index (κ3) is 13.6. The molecule has 0 aliphatic heterocycles. The normalized spacial score (nSPS) is 17.5. The summed E-state index contributed by atoms with van der Waals surface area (Å²) >= 11 is 0. The van der Waals surface area contributed by atoms with Crippen molar-refractivity contribution in [3.05, 3.63) is 226 Å². The highest BCUT2D eigenvalue weighted by molar-refractivity contribution is 6.01. The monoisotopic (exact) mass is 1220 g/mol. The topological polar surface area (TPSA) is 332 Å². The smallest absolute Gasteiger partial charge is 0.323 e. The third-order valence-corrected chi connectivity index (χ3v) is 16.7. The number of amides is 6. The maximum absolute atomic E-state index is 14.9. The maximum atomic E-state index is 14.9. The molecule has 0 radical (unpaired) electrons. The van der Waals surface area contributed by atoms with Crippen molar-refractivity contribution < 1.29 is 57.7 Å². The predicted molar refractivity (Wildman–Crippen MR) is 334 cm³/mol. The van der Waals surface area contributed by atoms with Gasteiger partial charge in [0, 0.05) is 70.5 Å². The van der Waals surface area contributed by atoms with Gasteiger partial charge in [0.1, 0.15) is 0 Å². The Balaban J connectivity index is 0.968. The molecule has 3 aliphatic carbocycles. The Morgan fingerprint density at radius 2 is 0.511 bits per heavy atom. The maximum Gasteiger partial charge on any atom is 0.323 e. The molecule has 0 bridgehead atoms. The zero-order valence-corrected chi connectivity index (χ0v) is 49.3. The Morgan fingerprint density at radius 3 is 0.678 bits per heavy atom. The van der Waals surface area contributed by atoms with Crippen molar-refractivity contribution in [2.24, 2.45) is 16.2 Å². The SMILES string of the molecule is CCOC(=O)C1(Cc2ccc(NC(=O)Nc3ccc([N+](=O)[O-])cc3)cc2)Cc2c3c(c4c(c2C1)CC(Cc1ccc(NC(=O)Nc2ccc([N+](=O)[O-])cc2)cc1)(C(=O)OCC)C4)CC(Cc1ccc(NC(=O)Nc2ccc([N+](=O)[O-])cc2)cc1)(C(=O)OCC)C3. The minimum Gasteiger partial charge on any atom is -0.466 e. The van der Waals surface area contributed by atoms with E-state index in [0.29, 0.717) is 34.1 Å². The van der Waals surface area contributed by atoms with Crippen LogP contribution in [0.2, 0.25) is 0 Å². The number of nitro groups is 3. The van der Waals surface area contributed by atoms with Crippen LogP contribution in [0.25, 0.3) is 0 Å². The van der Waals surface area contributed by atoms with Gasteiger partial charge in [-0.1, -0.05) is 36.4 Å². The van der Waals surface area contributed by atoms with Gasteiger partial charge in [-0.05, 0) is 201 Å². The van der Waals surface area contributed by atoms with Crippen LogP contribution in [0.1, 0.15) is 70.8 Å². The quantitative estimate of drug-likeness (QED) is 0.0169. The number of ether oxygens (including phenoxy) is 3. The molecular formula is C66H63N9O15. The van der Waals surface area contributed by atoms with Gasteiger partial charge in [0.2, 0.25) is 0 Å². The number of anilines is 6. The van der Waals surface area contributed by atoms with Gasteiger partial charge in [-0.3, -0.25) is 44.7 Å². The molecule has 24 heteroatoms. The van der Waals surface area contributed by atoms with E-state index in [0.717, 1.165) is 50.1 Å². The molecule has 3 aliphatic rings. The van der Waals surface area contributed by atoms with Gasteiger partial charge in [0.25, 0.3) is 17.1 Å². The second-order valence-electron chi connectivity index (χ2n) is 22.7. The summed E-state index contributed by atoms with van der Waals surface area (Å²) in [4.78, 5) is 116. The van der Waals surface area contributed by atoms with Gasteiger partial charge in [-0.25, -0.2) is 14.4 Å². The number of fused-ring (bicyclic) bond motifs is 6.